The molecule has 1 aliphatic heterocycles. The van der Waals surface area contributed by atoms with Gasteiger partial charge in [0.05, 0.1) is 27.9 Å². The molecule has 0 saturated heterocycles. The summed E-state index contributed by atoms with van der Waals surface area (Å²) in [7, 11) is 4.58. The van der Waals surface area contributed by atoms with Crippen LogP contribution in [0.2, 0.25) is 0 Å². The van der Waals surface area contributed by atoms with E-state index in [0.29, 0.717) is 22.8 Å². The molecule has 1 N–H and O–H groups in total. The molecule has 1 aliphatic rings. The van der Waals surface area contributed by atoms with E-state index < -0.39 is 0 Å². The SMILES string of the molecule is COc1cc(OC)c(OC)cc1CNC(=O)C1=NN(Cc2ccc(F)cc2)C(=O)CC1. The summed E-state index contributed by atoms with van der Waals surface area (Å²) in [6.45, 7) is 0.340. The number of hydrogen-bond acceptors (Lipinski definition) is 6. The Kier molecular flexibility index (Phi) is 7.07. The molecule has 2 aromatic carbocycles. The molecule has 0 unspecified atom stereocenters. The lowest BCUT2D eigenvalue weighted by atomic mass is 10.1. The normalized spacial score (nSPS) is 13.5. The number of amides is 2. The summed E-state index contributed by atoms with van der Waals surface area (Å²) in [4.78, 5) is 24.9. The molecule has 8 nitrogen and oxygen atoms in total. The molecule has 3 rings (SSSR count). The molecule has 0 radical (unpaired) electrons. The van der Waals surface area contributed by atoms with Crippen LogP contribution in [0.1, 0.15) is 24.0 Å². The lowest BCUT2D eigenvalue weighted by Crippen LogP contribution is -2.38. The van der Waals surface area contributed by atoms with Gasteiger partial charge in [-0.3, -0.25) is 9.59 Å². The fourth-order valence-corrected chi connectivity index (χ4v) is 3.16. The Morgan fingerprint density at radius 1 is 1.03 bits per heavy atom. The number of carbonyl (C=O) groups excluding carboxylic acids is 2. The van der Waals surface area contributed by atoms with Gasteiger partial charge in [0.25, 0.3) is 5.91 Å². The molecule has 0 saturated carbocycles. The van der Waals surface area contributed by atoms with Crippen LogP contribution in [0, 0.1) is 5.82 Å². The fraction of sp³-hybridized carbons (Fsp3) is 0.318. The van der Waals surface area contributed by atoms with Crippen molar-refractivity contribution in [1.82, 2.24) is 10.3 Å². The van der Waals surface area contributed by atoms with E-state index in [1.807, 2.05) is 0 Å². The van der Waals surface area contributed by atoms with Gasteiger partial charge in [-0.15, -0.1) is 0 Å². The number of benzene rings is 2. The van der Waals surface area contributed by atoms with Crippen LogP contribution in [-0.2, 0) is 22.7 Å². The Labute approximate surface area is 179 Å². The molecule has 0 spiro atoms. The average molecular weight is 429 g/mol. The summed E-state index contributed by atoms with van der Waals surface area (Å²) in [5.41, 5.74) is 1.67. The third-order valence-electron chi connectivity index (χ3n) is 4.84. The molecule has 0 aliphatic carbocycles. The molecule has 31 heavy (non-hydrogen) atoms. The van der Waals surface area contributed by atoms with Crippen molar-refractivity contribution in [3.05, 3.63) is 53.3 Å². The summed E-state index contributed by atoms with van der Waals surface area (Å²) in [5, 5.41) is 8.26. The van der Waals surface area contributed by atoms with E-state index in [9.17, 15) is 14.0 Å². The van der Waals surface area contributed by atoms with Gasteiger partial charge >= 0.3 is 0 Å². The Balaban J connectivity index is 1.71. The summed E-state index contributed by atoms with van der Waals surface area (Å²) in [5.74, 6) is 0.634. The van der Waals surface area contributed by atoms with Gasteiger partial charge in [-0.2, -0.15) is 5.10 Å². The van der Waals surface area contributed by atoms with Crippen molar-refractivity contribution >= 4 is 17.5 Å². The molecule has 164 valence electrons. The van der Waals surface area contributed by atoms with Crippen LogP contribution in [0.4, 0.5) is 4.39 Å². The summed E-state index contributed by atoms with van der Waals surface area (Å²) in [6.07, 6.45) is 0.417. The predicted octanol–water partition coefficient (Wildman–Crippen LogP) is 2.65. The van der Waals surface area contributed by atoms with E-state index in [4.69, 9.17) is 14.2 Å². The van der Waals surface area contributed by atoms with Gasteiger partial charge in [0.1, 0.15) is 17.3 Å². The van der Waals surface area contributed by atoms with Crippen molar-refractivity contribution in [2.45, 2.75) is 25.9 Å². The fourth-order valence-electron chi connectivity index (χ4n) is 3.16. The van der Waals surface area contributed by atoms with Crippen molar-refractivity contribution in [3.63, 3.8) is 0 Å². The van der Waals surface area contributed by atoms with E-state index in [0.717, 1.165) is 5.56 Å². The van der Waals surface area contributed by atoms with Crippen LogP contribution in [0.5, 0.6) is 17.2 Å². The molecular formula is C22H24FN3O5. The second-order valence-corrected chi connectivity index (χ2v) is 6.83. The highest BCUT2D eigenvalue weighted by Crippen LogP contribution is 2.34. The van der Waals surface area contributed by atoms with E-state index >= 15 is 0 Å². The van der Waals surface area contributed by atoms with Crippen molar-refractivity contribution in [2.75, 3.05) is 21.3 Å². The topological polar surface area (TPSA) is 89.5 Å². The number of nitrogens with one attached hydrogen (secondary N) is 1. The lowest BCUT2D eigenvalue weighted by Gasteiger charge is -2.23. The van der Waals surface area contributed by atoms with Crippen molar-refractivity contribution in [1.29, 1.82) is 0 Å². The molecule has 2 aromatic rings. The lowest BCUT2D eigenvalue weighted by molar-refractivity contribution is -0.132. The van der Waals surface area contributed by atoms with Gasteiger partial charge in [0, 0.05) is 31.0 Å². The van der Waals surface area contributed by atoms with Gasteiger partial charge in [-0.25, -0.2) is 9.40 Å². The van der Waals surface area contributed by atoms with E-state index in [1.165, 1.54) is 38.5 Å². The quantitative estimate of drug-likeness (QED) is 0.697. The maximum Gasteiger partial charge on any atom is 0.267 e. The number of methoxy groups -OCH3 is 3. The second kappa shape index (κ2) is 9.92. The largest absolute Gasteiger partial charge is 0.496 e. The van der Waals surface area contributed by atoms with Crippen LogP contribution in [0.25, 0.3) is 0 Å². The number of carbonyl (C=O) groups is 2. The van der Waals surface area contributed by atoms with Gasteiger partial charge in [0.15, 0.2) is 11.5 Å². The van der Waals surface area contributed by atoms with Crippen LogP contribution in [0.15, 0.2) is 41.5 Å². The van der Waals surface area contributed by atoms with Crippen molar-refractivity contribution in [2.24, 2.45) is 5.10 Å². The zero-order valence-electron chi connectivity index (χ0n) is 17.6. The van der Waals surface area contributed by atoms with Crippen molar-refractivity contribution in [3.8, 4) is 17.2 Å². The third-order valence-corrected chi connectivity index (χ3v) is 4.84. The monoisotopic (exact) mass is 429 g/mol. The molecule has 9 heteroatoms. The van der Waals surface area contributed by atoms with Crippen LogP contribution >= 0.6 is 0 Å². The molecule has 1 heterocycles. The number of hydrazone groups is 1. The zero-order chi connectivity index (χ0) is 22.4. The number of rotatable bonds is 8. The standard InChI is InChI=1S/C22H24FN3O5/c1-29-18-11-20(31-3)19(30-2)10-15(18)12-24-22(28)17-8-9-21(27)26(25-17)13-14-4-6-16(23)7-5-14/h4-7,10-11H,8-9,12-13H2,1-3H3,(H,24,28). The molecule has 0 bridgehead atoms. The first-order chi connectivity index (χ1) is 14.9. The highest BCUT2D eigenvalue weighted by atomic mass is 19.1. The zero-order valence-corrected chi connectivity index (χ0v) is 17.6. The highest BCUT2D eigenvalue weighted by molar-refractivity contribution is 6.39. The van der Waals surface area contributed by atoms with E-state index in [1.54, 1.807) is 24.3 Å². The maximum atomic E-state index is 13.1. The molecule has 2 amide bonds. The number of nitrogens with zero attached hydrogens (tertiary/aromatic N) is 2. The van der Waals surface area contributed by atoms with Gasteiger partial charge in [-0.1, -0.05) is 12.1 Å². The Morgan fingerprint density at radius 2 is 1.68 bits per heavy atom. The Morgan fingerprint density at radius 3 is 2.32 bits per heavy atom. The summed E-state index contributed by atoms with van der Waals surface area (Å²) < 4.78 is 29.0. The minimum absolute atomic E-state index is 0.166. The number of ether oxygens (including phenoxy) is 3. The van der Waals surface area contributed by atoms with Gasteiger partial charge < -0.3 is 19.5 Å². The first-order valence-corrected chi connectivity index (χ1v) is 9.64. The highest BCUT2D eigenvalue weighted by Gasteiger charge is 2.25. The minimum atomic E-state index is -0.381. The van der Waals surface area contributed by atoms with E-state index in [-0.39, 0.29) is 49.3 Å². The minimum Gasteiger partial charge on any atom is -0.496 e. The predicted molar refractivity (Wildman–Crippen MR) is 112 cm³/mol. The molecule has 0 atom stereocenters. The van der Waals surface area contributed by atoms with Crippen LogP contribution in [0.3, 0.4) is 0 Å². The Bertz CT molecular complexity index is 991. The van der Waals surface area contributed by atoms with Crippen molar-refractivity contribution < 1.29 is 28.2 Å². The summed E-state index contributed by atoms with van der Waals surface area (Å²) >= 11 is 0. The third kappa shape index (κ3) is 5.30. The molecule has 0 aromatic heterocycles. The number of halogens is 1. The first-order valence-electron chi connectivity index (χ1n) is 9.64. The van der Waals surface area contributed by atoms with Gasteiger partial charge in [0.2, 0.25) is 5.91 Å². The average Bonchev–Trinajstić information content (AvgIpc) is 2.79. The summed E-state index contributed by atoms with van der Waals surface area (Å²) in [6, 6.07) is 9.20. The maximum absolute atomic E-state index is 13.1. The van der Waals surface area contributed by atoms with Crippen LogP contribution in [-0.4, -0.2) is 43.9 Å². The second-order valence-electron chi connectivity index (χ2n) is 6.83. The first kappa shape index (κ1) is 22.1. The number of hydrogen-bond donors (Lipinski definition) is 1. The smallest absolute Gasteiger partial charge is 0.267 e. The van der Waals surface area contributed by atoms with Crippen LogP contribution < -0.4 is 19.5 Å². The molecular weight excluding hydrogens is 405 g/mol. The van der Waals surface area contributed by atoms with E-state index in [2.05, 4.69) is 10.4 Å². The molecule has 0 fully saturated rings. The van der Waals surface area contributed by atoms with Gasteiger partial charge in [-0.05, 0) is 23.8 Å². The Hall–Kier alpha value is -3.62.